The van der Waals surface area contributed by atoms with Gasteiger partial charge >= 0.3 is 6.18 Å². The van der Waals surface area contributed by atoms with Gasteiger partial charge in [0.25, 0.3) is 0 Å². The summed E-state index contributed by atoms with van der Waals surface area (Å²) in [7, 11) is 3.02. The fraction of sp³-hybridized carbons (Fsp3) is 0.333. The van der Waals surface area contributed by atoms with Gasteiger partial charge in [-0.2, -0.15) is 13.2 Å². The number of anilines is 1. The van der Waals surface area contributed by atoms with Crippen LogP contribution in [0.5, 0.6) is 11.5 Å². The molecule has 0 unspecified atom stereocenters. The van der Waals surface area contributed by atoms with E-state index < -0.39 is 17.7 Å². The molecular weight excluding hydrogens is 423 g/mol. The lowest BCUT2D eigenvalue weighted by Gasteiger charge is -2.38. The molecule has 1 aliphatic heterocycles. The Kier molecular flexibility index (Phi) is 5.71. The van der Waals surface area contributed by atoms with Crippen LogP contribution in [0.3, 0.4) is 0 Å². The second kappa shape index (κ2) is 8.33. The fourth-order valence-corrected chi connectivity index (χ4v) is 4.49. The number of allylic oxidation sites excluding steroid dienone is 2. The summed E-state index contributed by atoms with van der Waals surface area (Å²) in [4.78, 5) is 27.6. The monoisotopic (exact) mass is 445 g/mol. The molecule has 168 valence electrons. The minimum Gasteiger partial charge on any atom is -0.497 e. The van der Waals surface area contributed by atoms with E-state index in [9.17, 15) is 22.8 Å². The summed E-state index contributed by atoms with van der Waals surface area (Å²) in [6.07, 6.45) is -3.32. The maximum atomic E-state index is 13.3. The topological polar surface area (TPSA) is 55.8 Å². The Bertz CT molecular complexity index is 1110. The number of ether oxygens (including phenoxy) is 2. The smallest absolute Gasteiger partial charge is 0.416 e. The van der Waals surface area contributed by atoms with Gasteiger partial charge in [-0.1, -0.05) is 6.07 Å². The first kappa shape index (κ1) is 21.9. The molecule has 0 N–H and O–H groups in total. The van der Waals surface area contributed by atoms with Gasteiger partial charge in [-0.05, 0) is 49.2 Å². The van der Waals surface area contributed by atoms with E-state index in [0.717, 1.165) is 12.1 Å². The van der Waals surface area contributed by atoms with Gasteiger partial charge in [0.2, 0.25) is 5.91 Å². The maximum absolute atomic E-state index is 13.3. The molecule has 5 nitrogen and oxygen atoms in total. The highest BCUT2D eigenvalue weighted by molar-refractivity contribution is 6.07. The van der Waals surface area contributed by atoms with Crippen molar-refractivity contribution < 1.29 is 32.2 Å². The number of carbonyl (C=O) groups is 2. The Hall–Kier alpha value is -3.29. The first-order valence-electron chi connectivity index (χ1n) is 10.2. The van der Waals surface area contributed by atoms with E-state index in [4.69, 9.17) is 9.47 Å². The lowest BCUT2D eigenvalue weighted by Crippen LogP contribution is -2.40. The van der Waals surface area contributed by atoms with Crippen LogP contribution < -0.4 is 14.4 Å². The molecule has 0 fully saturated rings. The third-order valence-corrected chi connectivity index (χ3v) is 5.92. The number of hydrogen-bond donors (Lipinski definition) is 0. The minimum atomic E-state index is -4.54. The van der Waals surface area contributed by atoms with Gasteiger partial charge in [0, 0.05) is 41.3 Å². The van der Waals surface area contributed by atoms with Crippen molar-refractivity contribution in [1.82, 2.24) is 0 Å². The van der Waals surface area contributed by atoms with E-state index in [1.807, 2.05) is 0 Å². The normalized spacial score (nSPS) is 19.2. The summed E-state index contributed by atoms with van der Waals surface area (Å²) in [6, 6.07) is 9.82. The van der Waals surface area contributed by atoms with E-state index in [-0.39, 0.29) is 23.8 Å². The van der Waals surface area contributed by atoms with Gasteiger partial charge in [-0.3, -0.25) is 14.5 Å². The maximum Gasteiger partial charge on any atom is 0.416 e. The molecule has 0 saturated carbocycles. The lowest BCUT2D eigenvalue weighted by molar-refractivity contribution is -0.137. The van der Waals surface area contributed by atoms with Gasteiger partial charge in [-0.25, -0.2) is 0 Å². The molecule has 2 aliphatic rings. The number of nitrogens with zero attached hydrogens (tertiary/aromatic N) is 1. The molecule has 2 aromatic carbocycles. The number of ketones is 1. The van der Waals surface area contributed by atoms with Gasteiger partial charge in [0.1, 0.15) is 11.5 Å². The van der Waals surface area contributed by atoms with E-state index >= 15 is 0 Å². The molecule has 8 heteroatoms. The van der Waals surface area contributed by atoms with Crippen molar-refractivity contribution in [3.63, 3.8) is 0 Å². The molecule has 32 heavy (non-hydrogen) atoms. The molecule has 1 aliphatic carbocycles. The Morgan fingerprint density at radius 1 is 1.00 bits per heavy atom. The molecule has 4 rings (SSSR count). The Morgan fingerprint density at radius 2 is 1.78 bits per heavy atom. The summed E-state index contributed by atoms with van der Waals surface area (Å²) in [5.41, 5.74) is 0.838. The molecule has 0 saturated heterocycles. The van der Waals surface area contributed by atoms with Crippen LogP contribution in [-0.4, -0.2) is 25.9 Å². The number of benzene rings is 2. The Morgan fingerprint density at radius 3 is 2.47 bits per heavy atom. The van der Waals surface area contributed by atoms with Crippen molar-refractivity contribution in [2.24, 2.45) is 0 Å². The van der Waals surface area contributed by atoms with E-state index in [1.165, 1.54) is 31.3 Å². The van der Waals surface area contributed by atoms with Crippen LogP contribution in [-0.2, 0) is 15.8 Å². The summed E-state index contributed by atoms with van der Waals surface area (Å²) >= 11 is 0. The summed E-state index contributed by atoms with van der Waals surface area (Å²) in [5, 5.41) is 0. The van der Waals surface area contributed by atoms with Crippen LogP contribution in [0.25, 0.3) is 0 Å². The summed E-state index contributed by atoms with van der Waals surface area (Å²) < 4.78 is 50.6. The van der Waals surface area contributed by atoms with Crippen LogP contribution in [0.15, 0.2) is 53.7 Å². The SMILES string of the molecule is COc1ccc(OC)c([C@H]2CC(=O)N(c3cccc(C(F)(F)F)c3)C3=C2C(=O)CCC3)c1. The van der Waals surface area contributed by atoms with Gasteiger partial charge in [0.15, 0.2) is 5.78 Å². The number of rotatable bonds is 4. The minimum absolute atomic E-state index is 0.0651. The second-order valence-corrected chi connectivity index (χ2v) is 7.78. The molecule has 0 spiro atoms. The van der Waals surface area contributed by atoms with Crippen LogP contribution in [0.1, 0.15) is 42.7 Å². The predicted octanol–water partition coefficient (Wildman–Crippen LogP) is 5.25. The Balaban J connectivity index is 1.88. The first-order valence-corrected chi connectivity index (χ1v) is 10.2. The van der Waals surface area contributed by atoms with Crippen molar-refractivity contribution in [2.45, 2.75) is 37.8 Å². The van der Waals surface area contributed by atoms with Crippen LogP contribution in [0.2, 0.25) is 0 Å². The summed E-state index contributed by atoms with van der Waals surface area (Å²) in [5.74, 6) is 0.0379. The number of alkyl halides is 3. The number of carbonyl (C=O) groups excluding carboxylic acids is 2. The molecule has 1 atom stereocenters. The lowest BCUT2D eigenvalue weighted by atomic mass is 9.76. The number of amides is 1. The van der Waals surface area contributed by atoms with Gasteiger partial charge < -0.3 is 9.47 Å². The average molecular weight is 445 g/mol. The zero-order valence-corrected chi connectivity index (χ0v) is 17.7. The predicted molar refractivity (Wildman–Crippen MR) is 112 cm³/mol. The number of methoxy groups -OCH3 is 2. The number of hydrogen-bond acceptors (Lipinski definition) is 4. The van der Waals surface area contributed by atoms with E-state index in [0.29, 0.717) is 47.6 Å². The van der Waals surface area contributed by atoms with Crippen molar-refractivity contribution in [3.05, 3.63) is 64.9 Å². The third-order valence-electron chi connectivity index (χ3n) is 5.92. The highest BCUT2D eigenvalue weighted by Gasteiger charge is 2.41. The highest BCUT2D eigenvalue weighted by atomic mass is 19.4. The molecule has 0 aromatic heterocycles. The second-order valence-electron chi connectivity index (χ2n) is 7.78. The molecule has 1 amide bonds. The standard InChI is InChI=1S/C24H22F3NO4/c1-31-16-9-10-21(32-2)17(12-16)18-13-22(30)28(19-7-4-8-20(29)23(18)19)15-6-3-5-14(11-15)24(25,26)27/h3,5-6,9-12,18H,4,7-8,13H2,1-2H3/t18-/m1/s1. The largest absolute Gasteiger partial charge is 0.497 e. The van der Waals surface area contributed by atoms with Crippen molar-refractivity contribution in [2.75, 3.05) is 19.1 Å². The molecule has 0 radical (unpaired) electrons. The third kappa shape index (κ3) is 3.85. The van der Waals surface area contributed by atoms with Gasteiger partial charge in [-0.15, -0.1) is 0 Å². The fourth-order valence-electron chi connectivity index (χ4n) is 4.49. The molecule has 2 aromatic rings. The highest BCUT2D eigenvalue weighted by Crippen LogP contribution is 2.46. The van der Waals surface area contributed by atoms with Crippen LogP contribution >= 0.6 is 0 Å². The van der Waals surface area contributed by atoms with Gasteiger partial charge in [0.05, 0.1) is 19.8 Å². The quantitative estimate of drug-likeness (QED) is 0.645. The molecule has 0 bridgehead atoms. The molecular formula is C24H22F3NO4. The van der Waals surface area contributed by atoms with Crippen molar-refractivity contribution >= 4 is 17.4 Å². The van der Waals surface area contributed by atoms with Crippen molar-refractivity contribution in [1.29, 1.82) is 0 Å². The van der Waals surface area contributed by atoms with Crippen LogP contribution in [0, 0.1) is 0 Å². The zero-order valence-electron chi connectivity index (χ0n) is 17.7. The molecule has 1 heterocycles. The Labute approximate surface area is 183 Å². The van der Waals surface area contributed by atoms with E-state index in [2.05, 4.69) is 0 Å². The number of Topliss-reactive ketones (excluding diaryl/α,β-unsaturated/α-hetero) is 1. The first-order chi connectivity index (χ1) is 15.2. The zero-order chi connectivity index (χ0) is 23.0. The average Bonchev–Trinajstić information content (AvgIpc) is 2.77. The van der Waals surface area contributed by atoms with Crippen LogP contribution in [0.4, 0.5) is 18.9 Å². The number of halogens is 3. The van der Waals surface area contributed by atoms with E-state index in [1.54, 1.807) is 18.2 Å². The summed E-state index contributed by atoms with van der Waals surface area (Å²) in [6.45, 7) is 0. The van der Waals surface area contributed by atoms with Crippen molar-refractivity contribution in [3.8, 4) is 11.5 Å².